The summed E-state index contributed by atoms with van der Waals surface area (Å²) in [6, 6.07) is 18.9. The van der Waals surface area contributed by atoms with Crippen LogP contribution in [0.5, 0.6) is 5.75 Å². The number of rotatable bonds is 6. The van der Waals surface area contributed by atoms with Crippen LogP contribution >= 0.6 is 0 Å². The third kappa shape index (κ3) is 4.24. The number of aromatic nitrogens is 2. The molecule has 0 aliphatic carbocycles. The van der Waals surface area contributed by atoms with Crippen LogP contribution in [-0.4, -0.2) is 17.1 Å². The first-order valence-corrected chi connectivity index (χ1v) is 7.74. The van der Waals surface area contributed by atoms with Crippen LogP contribution in [-0.2, 0) is 6.54 Å². The van der Waals surface area contributed by atoms with Gasteiger partial charge in [0.15, 0.2) is 0 Å². The fourth-order valence-corrected chi connectivity index (χ4v) is 2.35. The van der Waals surface area contributed by atoms with Gasteiger partial charge in [-0.15, -0.1) is 0 Å². The standard InChI is InChI=1S/C19H17N5O/c1-25-17-8-3-2-6-15(17)13-22-18-9-10-21-19(24-18)23-16-7-4-5-14(11-16)12-20/h2-11H,13H2,1H3,(H2,21,22,23,24). The molecule has 6 heteroatoms. The lowest BCUT2D eigenvalue weighted by molar-refractivity contribution is 0.410. The van der Waals surface area contributed by atoms with E-state index in [1.807, 2.05) is 36.4 Å². The number of nitriles is 1. The fraction of sp³-hybridized carbons (Fsp3) is 0.105. The van der Waals surface area contributed by atoms with E-state index in [2.05, 4.69) is 26.7 Å². The molecule has 25 heavy (non-hydrogen) atoms. The zero-order valence-electron chi connectivity index (χ0n) is 13.7. The Balaban J connectivity index is 1.70. The van der Waals surface area contributed by atoms with Gasteiger partial charge in [0.1, 0.15) is 11.6 Å². The van der Waals surface area contributed by atoms with Crippen LogP contribution in [0.15, 0.2) is 60.8 Å². The van der Waals surface area contributed by atoms with Crippen LogP contribution in [0.25, 0.3) is 0 Å². The van der Waals surface area contributed by atoms with E-state index in [1.54, 1.807) is 31.5 Å². The van der Waals surface area contributed by atoms with Gasteiger partial charge in [-0.3, -0.25) is 0 Å². The summed E-state index contributed by atoms with van der Waals surface area (Å²) >= 11 is 0. The molecule has 0 aliphatic heterocycles. The maximum Gasteiger partial charge on any atom is 0.229 e. The number of hydrogen-bond acceptors (Lipinski definition) is 6. The molecule has 0 amide bonds. The van der Waals surface area contributed by atoms with Crippen molar-refractivity contribution < 1.29 is 4.74 Å². The minimum absolute atomic E-state index is 0.458. The second-order valence-corrected chi connectivity index (χ2v) is 5.25. The van der Waals surface area contributed by atoms with E-state index in [9.17, 15) is 0 Å². The minimum Gasteiger partial charge on any atom is -0.496 e. The van der Waals surface area contributed by atoms with E-state index in [0.29, 0.717) is 23.9 Å². The first kappa shape index (κ1) is 16.3. The Bertz CT molecular complexity index is 904. The topological polar surface area (TPSA) is 82.9 Å². The highest BCUT2D eigenvalue weighted by molar-refractivity contribution is 5.57. The molecule has 0 bridgehead atoms. The Morgan fingerprint density at radius 3 is 2.84 bits per heavy atom. The predicted molar refractivity (Wildman–Crippen MR) is 96.8 cm³/mol. The van der Waals surface area contributed by atoms with Gasteiger partial charge >= 0.3 is 0 Å². The summed E-state index contributed by atoms with van der Waals surface area (Å²) in [5.74, 6) is 1.98. The monoisotopic (exact) mass is 331 g/mol. The lowest BCUT2D eigenvalue weighted by atomic mass is 10.2. The van der Waals surface area contributed by atoms with E-state index in [4.69, 9.17) is 10.00 Å². The van der Waals surface area contributed by atoms with Crippen molar-refractivity contribution in [2.45, 2.75) is 6.54 Å². The summed E-state index contributed by atoms with van der Waals surface area (Å²) in [7, 11) is 1.65. The van der Waals surface area contributed by atoms with Gasteiger partial charge < -0.3 is 15.4 Å². The third-order valence-electron chi connectivity index (χ3n) is 3.56. The van der Waals surface area contributed by atoms with Crippen molar-refractivity contribution in [1.82, 2.24) is 9.97 Å². The number of para-hydroxylation sites is 1. The highest BCUT2D eigenvalue weighted by Gasteiger charge is 2.04. The summed E-state index contributed by atoms with van der Waals surface area (Å²) < 4.78 is 5.35. The number of nitrogens with one attached hydrogen (secondary N) is 2. The van der Waals surface area contributed by atoms with Crippen molar-refractivity contribution >= 4 is 17.5 Å². The lowest BCUT2D eigenvalue weighted by Gasteiger charge is -2.11. The predicted octanol–water partition coefficient (Wildman–Crippen LogP) is 3.71. The van der Waals surface area contributed by atoms with Crippen molar-refractivity contribution in [3.05, 3.63) is 71.9 Å². The number of benzene rings is 2. The molecule has 0 saturated heterocycles. The van der Waals surface area contributed by atoms with Gasteiger partial charge in [0, 0.05) is 24.0 Å². The summed E-state index contributed by atoms with van der Waals surface area (Å²) in [5.41, 5.74) is 2.39. The Kier molecular flexibility index (Phi) is 5.07. The molecule has 0 unspecified atom stereocenters. The van der Waals surface area contributed by atoms with Crippen molar-refractivity contribution in [1.29, 1.82) is 5.26 Å². The molecule has 0 fully saturated rings. The van der Waals surface area contributed by atoms with Gasteiger partial charge in [-0.05, 0) is 30.3 Å². The number of nitrogens with zero attached hydrogens (tertiary/aromatic N) is 3. The second kappa shape index (κ2) is 7.79. The minimum atomic E-state index is 0.458. The van der Waals surface area contributed by atoms with Gasteiger partial charge in [0.25, 0.3) is 0 Å². The molecular formula is C19H17N5O. The average molecular weight is 331 g/mol. The van der Waals surface area contributed by atoms with Crippen molar-refractivity contribution in [3.63, 3.8) is 0 Å². The molecule has 3 rings (SSSR count). The molecule has 0 radical (unpaired) electrons. The maximum absolute atomic E-state index is 8.96. The van der Waals surface area contributed by atoms with Crippen molar-refractivity contribution in [3.8, 4) is 11.8 Å². The smallest absolute Gasteiger partial charge is 0.229 e. The SMILES string of the molecule is COc1ccccc1CNc1ccnc(Nc2cccc(C#N)c2)n1. The molecule has 1 aromatic heterocycles. The zero-order chi connectivity index (χ0) is 17.5. The van der Waals surface area contributed by atoms with E-state index in [0.717, 1.165) is 17.0 Å². The molecule has 124 valence electrons. The van der Waals surface area contributed by atoms with Crippen LogP contribution < -0.4 is 15.4 Å². The highest BCUT2D eigenvalue weighted by Crippen LogP contribution is 2.19. The summed E-state index contributed by atoms with van der Waals surface area (Å²) in [4.78, 5) is 8.65. The first-order valence-electron chi connectivity index (χ1n) is 7.74. The molecule has 0 saturated carbocycles. The average Bonchev–Trinajstić information content (AvgIpc) is 2.67. The van der Waals surface area contributed by atoms with Crippen LogP contribution in [0, 0.1) is 11.3 Å². The number of methoxy groups -OCH3 is 1. The Morgan fingerprint density at radius 1 is 1.12 bits per heavy atom. The Hall–Kier alpha value is -3.59. The quantitative estimate of drug-likeness (QED) is 0.716. The van der Waals surface area contributed by atoms with E-state index >= 15 is 0 Å². The molecule has 0 spiro atoms. The largest absolute Gasteiger partial charge is 0.496 e. The summed E-state index contributed by atoms with van der Waals surface area (Å²) in [6.07, 6.45) is 1.67. The van der Waals surface area contributed by atoms with Gasteiger partial charge in [-0.1, -0.05) is 24.3 Å². The molecule has 0 aliphatic rings. The zero-order valence-corrected chi connectivity index (χ0v) is 13.7. The third-order valence-corrected chi connectivity index (χ3v) is 3.56. The summed E-state index contributed by atoms with van der Waals surface area (Å²) in [5, 5.41) is 15.3. The lowest BCUT2D eigenvalue weighted by Crippen LogP contribution is -2.05. The highest BCUT2D eigenvalue weighted by atomic mass is 16.5. The maximum atomic E-state index is 8.96. The van der Waals surface area contributed by atoms with Gasteiger partial charge in [0.05, 0.1) is 18.7 Å². The van der Waals surface area contributed by atoms with Crippen LogP contribution in [0.3, 0.4) is 0 Å². The van der Waals surface area contributed by atoms with E-state index in [-0.39, 0.29) is 0 Å². The van der Waals surface area contributed by atoms with Crippen molar-refractivity contribution in [2.24, 2.45) is 0 Å². The van der Waals surface area contributed by atoms with Gasteiger partial charge in [-0.2, -0.15) is 10.2 Å². The number of ether oxygens (including phenoxy) is 1. The number of anilines is 3. The molecule has 6 nitrogen and oxygen atoms in total. The normalized spacial score (nSPS) is 9.92. The van der Waals surface area contributed by atoms with Gasteiger partial charge in [0.2, 0.25) is 5.95 Å². The van der Waals surface area contributed by atoms with E-state index < -0.39 is 0 Å². The Labute approximate surface area is 146 Å². The van der Waals surface area contributed by atoms with E-state index in [1.165, 1.54) is 0 Å². The van der Waals surface area contributed by atoms with Crippen LogP contribution in [0.1, 0.15) is 11.1 Å². The number of hydrogen-bond donors (Lipinski definition) is 2. The molecule has 2 aromatic carbocycles. The molecule has 2 N–H and O–H groups in total. The Morgan fingerprint density at radius 2 is 2.00 bits per heavy atom. The molecule has 3 aromatic rings. The van der Waals surface area contributed by atoms with Crippen molar-refractivity contribution in [2.75, 3.05) is 17.7 Å². The van der Waals surface area contributed by atoms with Crippen LogP contribution in [0.4, 0.5) is 17.5 Å². The molecule has 1 heterocycles. The van der Waals surface area contributed by atoms with Crippen LogP contribution in [0.2, 0.25) is 0 Å². The molecular weight excluding hydrogens is 314 g/mol. The van der Waals surface area contributed by atoms with Gasteiger partial charge in [-0.25, -0.2) is 4.98 Å². The second-order valence-electron chi connectivity index (χ2n) is 5.25. The first-order chi connectivity index (χ1) is 12.3. The summed E-state index contributed by atoms with van der Waals surface area (Å²) in [6.45, 7) is 0.588. The molecule has 0 atom stereocenters. The fourth-order valence-electron chi connectivity index (χ4n) is 2.35.